The van der Waals surface area contributed by atoms with Crippen molar-refractivity contribution in [2.45, 2.75) is 0 Å². The SMILES string of the molecule is CN(c1cccnc1)c1nc2nncn2c2ccccc12. The molecule has 0 aliphatic heterocycles. The van der Waals surface area contributed by atoms with Gasteiger partial charge in [-0.05, 0) is 24.3 Å². The van der Waals surface area contributed by atoms with Crippen LogP contribution in [-0.4, -0.2) is 31.6 Å². The summed E-state index contributed by atoms with van der Waals surface area (Å²) in [7, 11) is 1.97. The van der Waals surface area contributed by atoms with Crippen LogP contribution in [0.25, 0.3) is 16.7 Å². The van der Waals surface area contributed by atoms with Gasteiger partial charge in [0, 0.05) is 18.6 Å². The van der Waals surface area contributed by atoms with Crippen LogP contribution in [0.1, 0.15) is 0 Å². The molecule has 0 saturated heterocycles. The summed E-state index contributed by atoms with van der Waals surface area (Å²) in [5.41, 5.74) is 2.00. The Morgan fingerprint density at radius 1 is 1.10 bits per heavy atom. The molecule has 0 amide bonds. The highest BCUT2D eigenvalue weighted by molar-refractivity contribution is 5.93. The van der Waals surface area contributed by atoms with Crippen molar-refractivity contribution in [1.82, 2.24) is 24.6 Å². The molecule has 0 aliphatic rings. The second kappa shape index (κ2) is 4.52. The standard InChI is InChI=1S/C15H12N6/c1-20(11-5-4-8-16-9-11)14-12-6-2-3-7-13(12)21-10-17-19-15(21)18-14/h2-10H,1H3. The lowest BCUT2D eigenvalue weighted by atomic mass is 10.2. The molecule has 0 N–H and O–H groups in total. The van der Waals surface area contributed by atoms with Crippen LogP contribution in [0.4, 0.5) is 11.5 Å². The van der Waals surface area contributed by atoms with E-state index in [9.17, 15) is 0 Å². The van der Waals surface area contributed by atoms with Crippen LogP contribution in [-0.2, 0) is 0 Å². The largest absolute Gasteiger partial charge is 0.327 e. The van der Waals surface area contributed by atoms with E-state index < -0.39 is 0 Å². The Morgan fingerprint density at radius 3 is 2.86 bits per heavy atom. The lowest BCUT2D eigenvalue weighted by Crippen LogP contribution is -2.13. The molecule has 21 heavy (non-hydrogen) atoms. The number of para-hydroxylation sites is 1. The summed E-state index contributed by atoms with van der Waals surface area (Å²) in [6.45, 7) is 0. The van der Waals surface area contributed by atoms with E-state index >= 15 is 0 Å². The summed E-state index contributed by atoms with van der Waals surface area (Å²) in [6.07, 6.45) is 5.24. The Bertz CT molecular complexity index is 915. The van der Waals surface area contributed by atoms with Crippen molar-refractivity contribution in [2.24, 2.45) is 0 Å². The van der Waals surface area contributed by atoms with Gasteiger partial charge in [-0.15, -0.1) is 10.2 Å². The maximum atomic E-state index is 4.63. The molecule has 3 aromatic heterocycles. The fourth-order valence-corrected chi connectivity index (χ4v) is 2.43. The van der Waals surface area contributed by atoms with Gasteiger partial charge >= 0.3 is 0 Å². The van der Waals surface area contributed by atoms with E-state index in [0.717, 1.165) is 22.4 Å². The highest BCUT2D eigenvalue weighted by Gasteiger charge is 2.13. The first-order valence-corrected chi connectivity index (χ1v) is 6.57. The predicted octanol–water partition coefficient (Wildman–Crippen LogP) is 2.44. The first-order chi connectivity index (χ1) is 10.3. The Balaban J connectivity index is 2.02. The monoisotopic (exact) mass is 276 g/mol. The van der Waals surface area contributed by atoms with Crippen molar-refractivity contribution in [1.29, 1.82) is 0 Å². The van der Waals surface area contributed by atoms with Crippen molar-refractivity contribution in [3.63, 3.8) is 0 Å². The molecule has 1 aromatic carbocycles. The molecule has 0 atom stereocenters. The summed E-state index contributed by atoms with van der Waals surface area (Å²) in [6, 6.07) is 12.0. The first kappa shape index (κ1) is 11.8. The Morgan fingerprint density at radius 2 is 2.00 bits per heavy atom. The third-order valence-corrected chi connectivity index (χ3v) is 3.49. The van der Waals surface area contributed by atoms with E-state index in [0.29, 0.717) is 5.78 Å². The van der Waals surface area contributed by atoms with Gasteiger partial charge in [-0.3, -0.25) is 9.38 Å². The fourth-order valence-electron chi connectivity index (χ4n) is 2.43. The van der Waals surface area contributed by atoms with E-state index in [1.807, 2.05) is 58.9 Å². The number of aromatic nitrogens is 5. The van der Waals surface area contributed by atoms with Crippen molar-refractivity contribution >= 4 is 28.2 Å². The minimum absolute atomic E-state index is 0.583. The number of nitrogens with zero attached hydrogens (tertiary/aromatic N) is 6. The zero-order valence-corrected chi connectivity index (χ0v) is 11.4. The van der Waals surface area contributed by atoms with E-state index in [4.69, 9.17) is 0 Å². The summed E-state index contributed by atoms with van der Waals surface area (Å²) < 4.78 is 1.88. The Labute approximate surface area is 120 Å². The van der Waals surface area contributed by atoms with Crippen LogP contribution in [0, 0.1) is 0 Å². The molecule has 6 heteroatoms. The smallest absolute Gasteiger partial charge is 0.257 e. The molecule has 4 rings (SSSR count). The number of hydrogen-bond donors (Lipinski definition) is 0. The molecule has 0 saturated carbocycles. The van der Waals surface area contributed by atoms with Crippen LogP contribution in [0.3, 0.4) is 0 Å². The number of fused-ring (bicyclic) bond motifs is 3. The molecule has 3 heterocycles. The van der Waals surface area contributed by atoms with Gasteiger partial charge in [0.2, 0.25) is 0 Å². The van der Waals surface area contributed by atoms with Crippen LogP contribution in [0.15, 0.2) is 55.1 Å². The van der Waals surface area contributed by atoms with Gasteiger partial charge in [-0.1, -0.05) is 12.1 Å². The van der Waals surface area contributed by atoms with Gasteiger partial charge in [0.1, 0.15) is 12.1 Å². The maximum absolute atomic E-state index is 4.63. The van der Waals surface area contributed by atoms with Crippen molar-refractivity contribution in [3.05, 3.63) is 55.1 Å². The van der Waals surface area contributed by atoms with Gasteiger partial charge in [-0.25, -0.2) is 0 Å². The van der Waals surface area contributed by atoms with Gasteiger partial charge in [0.25, 0.3) is 5.78 Å². The van der Waals surface area contributed by atoms with Crippen LogP contribution in [0.2, 0.25) is 0 Å². The summed E-state index contributed by atoms with van der Waals surface area (Å²) >= 11 is 0. The van der Waals surface area contributed by atoms with Crippen LogP contribution in [0.5, 0.6) is 0 Å². The second-order valence-corrected chi connectivity index (χ2v) is 4.72. The second-order valence-electron chi connectivity index (χ2n) is 4.72. The molecule has 0 bridgehead atoms. The molecule has 0 spiro atoms. The summed E-state index contributed by atoms with van der Waals surface area (Å²) in [5.74, 6) is 1.42. The molecule has 0 radical (unpaired) electrons. The van der Waals surface area contributed by atoms with E-state index in [1.54, 1.807) is 12.5 Å². The van der Waals surface area contributed by atoms with Crippen molar-refractivity contribution in [2.75, 3.05) is 11.9 Å². The van der Waals surface area contributed by atoms with Crippen LogP contribution >= 0.6 is 0 Å². The highest BCUT2D eigenvalue weighted by Crippen LogP contribution is 2.29. The summed E-state index contributed by atoms with van der Waals surface area (Å²) in [5, 5.41) is 9.05. The molecule has 0 aliphatic carbocycles. The average Bonchev–Trinajstić information content (AvgIpc) is 3.03. The predicted molar refractivity (Wildman–Crippen MR) is 80.6 cm³/mol. The van der Waals surface area contributed by atoms with Crippen molar-refractivity contribution in [3.8, 4) is 0 Å². The summed E-state index contributed by atoms with van der Waals surface area (Å²) in [4.78, 5) is 10.8. The minimum Gasteiger partial charge on any atom is -0.327 e. The van der Waals surface area contributed by atoms with Gasteiger partial charge < -0.3 is 4.90 Å². The third kappa shape index (κ3) is 1.80. The lowest BCUT2D eigenvalue weighted by molar-refractivity contribution is 1.08. The quantitative estimate of drug-likeness (QED) is 0.563. The molecule has 6 nitrogen and oxygen atoms in total. The van der Waals surface area contributed by atoms with Gasteiger partial charge in [0.05, 0.1) is 17.4 Å². The van der Waals surface area contributed by atoms with Gasteiger partial charge in [-0.2, -0.15) is 4.98 Å². The number of pyridine rings is 1. The molecule has 0 unspecified atom stereocenters. The zero-order valence-electron chi connectivity index (χ0n) is 11.4. The molecular formula is C15H12N6. The average molecular weight is 276 g/mol. The topological polar surface area (TPSA) is 59.2 Å². The van der Waals surface area contributed by atoms with E-state index in [2.05, 4.69) is 20.2 Å². The number of benzene rings is 1. The van der Waals surface area contributed by atoms with E-state index in [1.165, 1.54) is 0 Å². The van der Waals surface area contributed by atoms with Crippen LogP contribution < -0.4 is 4.90 Å². The number of rotatable bonds is 2. The minimum atomic E-state index is 0.583. The number of hydrogen-bond acceptors (Lipinski definition) is 5. The Hall–Kier alpha value is -3.02. The highest BCUT2D eigenvalue weighted by atomic mass is 15.3. The maximum Gasteiger partial charge on any atom is 0.257 e. The molecule has 102 valence electrons. The van der Waals surface area contributed by atoms with Crippen molar-refractivity contribution < 1.29 is 0 Å². The molecular weight excluding hydrogens is 264 g/mol. The first-order valence-electron chi connectivity index (χ1n) is 6.57. The zero-order chi connectivity index (χ0) is 14.2. The van der Waals surface area contributed by atoms with E-state index in [-0.39, 0.29) is 0 Å². The fraction of sp³-hybridized carbons (Fsp3) is 0.0667. The molecule has 4 aromatic rings. The van der Waals surface area contributed by atoms with Gasteiger partial charge in [0.15, 0.2) is 0 Å². The third-order valence-electron chi connectivity index (χ3n) is 3.49. The Kier molecular flexibility index (Phi) is 2.53. The number of anilines is 2. The normalized spacial score (nSPS) is 11.1. The molecule has 0 fully saturated rings. The lowest BCUT2D eigenvalue weighted by Gasteiger charge is -2.19.